The molecule has 0 bridgehead atoms. The van der Waals surface area contributed by atoms with Crippen LogP contribution in [0.4, 0.5) is 9.18 Å². The van der Waals surface area contributed by atoms with E-state index < -0.39 is 18.8 Å². The Kier molecular flexibility index (Phi) is 5.12. The number of hydrogen-bond donors (Lipinski definition) is 1. The Hall–Kier alpha value is -1.13. The van der Waals surface area contributed by atoms with Crippen LogP contribution in [0.2, 0.25) is 0 Å². The van der Waals surface area contributed by atoms with Crippen molar-refractivity contribution in [2.75, 3.05) is 13.3 Å². The molecule has 0 saturated heterocycles. The van der Waals surface area contributed by atoms with E-state index in [-0.39, 0.29) is 12.0 Å². The summed E-state index contributed by atoms with van der Waals surface area (Å²) in [6.45, 7) is 4.40. The van der Waals surface area contributed by atoms with Crippen molar-refractivity contribution in [3.05, 3.63) is 0 Å². The maximum absolute atomic E-state index is 11.6. The number of alkyl carbamates (subject to hydrolysis) is 1. The van der Waals surface area contributed by atoms with Crippen molar-refractivity contribution < 1.29 is 18.7 Å². The van der Waals surface area contributed by atoms with Gasteiger partial charge in [-0.2, -0.15) is 0 Å². The molecule has 0 aromatic carbocycles. The van der Waals surface area contributed by atoms with Crippen LogP contribution in [0.1, 0.15) is 20.8 Å². The molecule has 0 saturated carbocycles. The number of halogens is 1. The Balaban J connectivity index is 4.06. The molecule has 0 heterocycles. The molecule has 1 amide bonds. The third-order valence-corrected chi connectivity index (χ3v) is 1.65. The van der Waals surface area contributed by atoms with Gasteiger partial charge in [0.15, 0.2) is 0 Å². The van der Waals surface area contributed by atoms with Crippen LogP contribution < -0.4 is 5.32 Å². The normalized spacial score (nSPS) is 13.1. The number of hydrogen-bond acceptors (Lipinski definition) is 3. The Morgan fingerprint density at radius 2 is 2.14 bits per heavy atom. The number of carbonyl (C=O) groups excluding carboxylic acids is 2. The van der Waals surface area contributed by atoms with E-state index in [2.05, 4.69) is 10.1 Å². The molecule has 1 N–H and O–H groups in total. The Morgan fingerprint density at radius 3 is 2.50 bits per heavy atom. The topological polar surface area (TPSA) is 55.4 Å². The molecular weight excluding hydrogens is 189 g/mol. The number of ether oxygens (including phenoxy) is 1. The summed E-state index contributed by atoms with van der Waals surface area (Å²) in [4.78, 5) is 21.6. The maximum atomic E-state index is 11.6. The molecule has 0 aliphatic heterocycles. The average molecular weight is 205 g/mol. The lowest BCUT2D eigenvalue weighted by Crippen LogP contribution is -2.45. The number of amides is 1. The van der Waals surface area contributed by atoms with Crippen LogP contribution in [0.15, 0.2) is 0 Å². The van der Waals surface area contributed by atoms with Crippen LogP contribution in [-0.4, -0.2) is 31.7 Å². The van der Waals surface area contributed by atoms with E-state index >= 15 is 0 Å². The number of carbonyl (C=O) groups is 2. The Morgan fingerprint density at radius 1 is 1.57 bits per heavy atom. The third kappa shape index (κ3) is 4.79. The highest BCUT2D eigenvalue weighted by Gasteiger charge is 2.26. The molecule has 82 valence electrons. The number of nitrogens with one attached hydrogen (secondary N) is 1. The molecule has 0 radical (unpaired) electrons. The van der Waals surface area contributed by atoms with E-state index in [9.17, 15) is 14.0 Å². The monoisotopic (exact) mass is 205 g/mol. The first-order chi connectivity index (χ1) is 6.41. The molecular formula is C9H16FNO3. The first kappa shape index (κ1) is 12.9. The van der Waals surface area contributed by atoms with Crippen molar-refractivity contribution in [2.45, 2.75) is 26.8 Å². The minimum absolute atomic E-state index is 0.290. The predicted molar refractivity (Wildman–Crippen MR) is 49.8 cm³/mol. The molecule has 0 aromatic rings. The SMILES string of the molecule is CC(C)(C)C(C=O)NC(=O)OCCF. The summed E-state index contributed by atoms with van der Waals surface area (Å²) in [5, 5.41) is 2.35. The van der Waals surface area contributed by atoms with Crippen LogP contribution in [0, 0.1) is 5.41 Å². The summed E-state index contributed by atoms with van der Waals surface area (Å²) >= 11 is 0. The highest BCUT2D eigenvalue weighted by atomic mass is 19.1. The van der Waals surface area contributed by atoms with E-state index in [1.807, 2.05) is 20.8 Å². The average Bonchev–Trinajstić information content (AvgIpc) is 2.08. The van der Waals surface area contributed by atoms with E-state index in [0.717, 1.165) is 0 Å². The van der Waals surface area contributed by atoms with Gasteiger partial charge in [0.25, 0.3) is 0 Å². The summed E-state index contributed by atoms with van der Waals surface area (Å²) in [7, 11) is 0. The quantitative estimate of drug-likeness (QED) is 0.704. The van der Waals surface area contributed by atoms with Crippen LogP contribution in [0.3, 0.4) is 0 Å². The van der Waals surface area contributed by atoms with Crippen molar-refractivity contribution in [3.8, 4) is 0 Å². The van der Waals surface area contributed by atoms with Crippen LogP contribution in [0.5, 0.6) is 0 Å². The molecule has 0 fully saturated rings. The van der Waals surface area contributed by atoms with E-state index in [1.165, 1.54) is 0 Å². The molecule has 0 spiro atoms. The van der Waals surface area contributed by atoms with Crippen molar-refractivity contribution in [2.24, 2.45) is 5.41 Å². The zero-order valence-corrected chi connectivity index (χ0v) is 8.67. The van der Waals surface area contributed by atoms with Crippen LogP contribution in [-0.2, 0) is 9.53 Å². The molecule has 4 nitrogen and oxygen atoms in total. The highest BCUT2D eigenvalue weighted by molar-refractivity contribution is 5.73. The number of alkyl halides is 1. The fourth-order valence-corrected chi connectivity index (χ4v) is 0.755. The summed E-state index contributed by atoms with van der Waals surface area (Å²) < 4.78 is 16.1. The lowest BCUT2D eigenvalue weighted by atomic mass is 9.88. The minimum Gasteiger partial charge on any atom is -0.447 e. The van der Waals surface area contributed by atoms with Gasteiger partial charge in [-0.1, -0.05) is 20.8 Å². The standard InChI is InChI=1S/C9H16FNO3/c1-9(2,3)7(6-12)11-8(13)14-5-4-10/h6-7H,4-5H2,1-3H3,(H,11,13). The number of aldehydes is 1. The zero-order valence-electron chi connectivity index (χ0n) is 8.67. The van der Waals surface area contributed by atoms with Gasteiger partial charge in [0.2, 0.25) is 0 Å². The van der Waals surface area contributed by atoms with Gasteiger partial charge in [0.05, 0.1) is 6.04 Å². The van der Waals surface area contributed by atoms with Crippen LogP contribution >= 0.6 is 0 Å². The summed E-state index contributed by atoms with van der Waals surface area (Å²) in [6.07, 6.45) is -0.133. The second-order valence-corrected chi connectivity index (χ2v) is 3.95. The summed E-state index contributed by atoms with van der Waals surface area (Å²) in [5.74, 6) is 0. The molecule has 0 aliphatic carbocycles. The lowest BCUT2D eigenvalue weighted by Gasteiger charge is -2.26. The minimum atomic E-state index is -0.769. The number of rotatable bonds is 4. The van der Waals surface area contributed by atoms with Gasteiger partial charge >= 0.3 is 6.09 Å². The smallest absolute Gasteiger partial charge is 0.407 e. The zero-order chi connectivity index (χ0) is 11.2. The van der Waals surface area contributed by atoms with E-state index in [4.69, 9.17) is 0 Å². The molecule has 0 rings (SSSR count). The second kappa shape index (κ2) is 5.57. The van der Waals surface area contributed by atoms with Gasteiger partial charge in [-0.05, 0) is 5.41 Å². The van der Waals surface area contributed by atoms with Crippen LogP contribution in [0.25, 0.3) is 0 Å². The van der Waals surface area contributed by atoms with Gasteiger partial charge < -0.3 is 14.8 Å². The van der Waals surface area contributed by atoms with Gasteiger partial charge in [0, 0.05) is 0 Å². The molecule has 5 heteroatoms. The Labute approximate surface area is 82.8 Å². The molecule has 14 heavy (non-hydrogen) atoms. The maximum Gasteiger partial charge on any atom is 0.407 e. The third-order valence-electron chi connectivity index (χ3n) is 1.65. The first-order valence-corrected chi connectivity index (χ1v) is 4.36. The lowest BCUT2D eigenvalue weighted by molar-refractivity contribution is -0.111. The van der Waals surface area contributed by atoms with Crippen molar-refractivity contribution in [1.82, 2.24) is 5.32 Å². The summed E-state index contributed by atoms with van der Waals surface area (Å²) in [6, 6.07) is -0.630. The molecule has 1 unspecified atom stereocenters. The molecule has 1 atom stereocenters. The highest BCUT2D eigenvalue weighted by Crippen LogP contribution is 2.17. The van der Waals surface area contributed by atoms with Crippen molar-refractivity contribution in [1.29, 1.82) is 0 Å². The van der Waals surface area contributed by atoms with E-state index in [0.29, 0.717) is 6.29 Å². The molecule has 0 aliphatic rings. The van der Waals surface area contributed by atoms with Gasteiger partial charge in [-0.15, -0.1) is 0 Å². The fraction of sp³-hybridized carbons (Fsp3) is 0.778. The van der Waals surface area contributed by atoms with E-state index in [1.54, 1.807) is 0 Å². The van der Waals surface area contributed by atoms with Gasteiger partial charge in [-0.3, -0.25) is 0 Å². The largest absolute Gasteiger partial charge is 0.447 e. The molecule has 0 aromatic heterocycles. The second-order valence-electron chi connectivity index (χ2n) is 3.95. The van der Waals surface area contributed by atoms with Crippen molar-refractivity contribution >= 4 is 12.4 Å². The Bertz CT molecular complexity index is 201. The van der Waals surface area contributed by atoms with Gasteiger partial charge in [0.1, 0.15) is 19.6 Å². The summed E-state index contributed by atoms with van der Waals surface area (Å²) in [5.41, 5.74) is -0.378. The first-order valence-electron chi connectivity index (χ1n) is 4.36. The van der Waals surface area contributed by atoms with Crippen molar-refractivity contribution in [3.63, 3.8) is 0 Å². The predicted octanol–water partition coefficient (Wildman–Crippen LogP) is 1.30. The van der Waals surface area contributed by atoms with Gasteiger partial charge in [-0.25, -0.2) is 9.18 Å². The fourth-order valence-electron chi connectivity index (χ4n) is 0.755.